The van der Waals surface area contributed by atoms with Gasteiger partial charge in [0.2, 0.25) is 0 Å². The third-order valence-corrected chi connectivity index (χ3v) is 1.97. The van der Waals surface area contributed by atoms with Gasteiger partial charge in [0.1, 0.15) is 5.75 Å². The first-order chi connectivity index (χ1) is 7.22. The molecule has 15 heavy (non-hydrogen) atoms. The minimum Gasteiger partial charge on any atom is -0.539 e. The summed E-state index contributed by atoms with van der Waals surface area (Å²) in [6.07, 6.45) is 0. The number of hydrogen-bond donors (Lipinski definition) is 2. The van der Waals surface area contributed by atoms with Crippen LogP contribution in [0.5, 0.6) is 5.75 Å². The largest absolute Gasteiger partial charge is 0.539 e. The zero-order chi connectivity index (χ0) is 11.1. The van der Waals surface area contributed by atoms with Gasteiger partial charge in [-0.3, -0.25) is 0 Å². The van der Waals surface area contributed by atoms with E-state index in [1.807, 2.05) is 38.4 Å². The highest BCUT2D eigenvalue weighted by Gasteiger charge is 1.95. The maximum Gasteiger partial charge on any atom is 0.504 e. The van der Waals surface area contributed by atoms with Crippen molar-refractivity contribution in [2.24, 2.45) is 0 Å². The first-order valence-electron chi connectivity index (χ1n) is 4.94. The van der Waals surface area contributed by atoms with E-state index in [2.05, 4.69) is 10.2 Å². The molecule has 2 N–H and O–H groups in total. The highest BCUT2D eigenvalue weighted by molar-refractivity contribution is 6.17. The quantitative estimate of drug-likeness (QED) is 0.660. The summed E-state index contributed by atoms with van der Waals surface area (Å²) in [6.45, 7) is 1.90. The molecule has 0 fully saturated rings. The van der Waals surface area contributed by atoms with Crippen molar-refractivity contribution >= 4 is 13.4 Å². The molecule has 5 heteroatoms. The number of nitrogens with zero attached hydrogens (tertiary/aromatic N) is 1. The maximum atomic E-state index is 8.55. The van der Waals surface area contributed by atoms with Crippen molar-refractivity contribution < 1.29 is 9.68 Å². The molecule has 0 amide bonds. The fourth-order valence-corrected chi connectivity index (χ4v) is 1.17. The van der Waals surface area contributed by atoms with E-state index in [9.17, 15) is 0 Å². The van der Waals surface area contributed by atoms with Crippen molar-refractivity contribution in [2.45, 2.75) is 0 Å². The summed E-state index contributed by atoms with van der Waals surface area (Å²) in [5, 5.41) is 11.8. The minimum atomic E-state index is -0.284. The molecule has 0 spiro atoms. The first kappa shape index (κ1) is 11.9. The maximum absolute atomic E-state index is 8.55. The van der Waals surface area contributed by atoms with Gasteiger partial charge in [-0.25, -0.2) is 0 Å². The second kappa shape index (κ2) is 6.32. The second-order valence-corrected chi connectivity index (χ2v) is 3.53. The van der Waals surface area contributed by atoms with Crippen LogP contribution in [0.4, 0.5) is 5.69 Å². The van der Waals surface area contributed by atoms with E-state index >= 15 is 0 Å². The molecule has 0 saturated heterocycles. The molecule has 0 aliphatic heterocycles. The van der Waals surface area contributed by atoms with Gasteiger partial charge in [-0.05, 0) is 38.4 Å². The minimum absolute atomic E-state index is 0.284. The summed E-state index contributed by atoms with van der Waals surface area (Å²) >= 11 is 0. The van der Waals surface area contributed by atoms with Crippen LogP contribution >= 0.6 is 0 Å². The lowest BCUT2D eigenvalue weighted by atomic mass is 10.3. The summed E-state index contributed by atoms with van der Waals surface area (Å²) < 4.78 is 4.92. The zero-order valence-corrected chi connectivity index (χ0v) is 9.23. The van der Waals surface area contributed by atoms with Crippen LogP contribution < -0.4 is 9.97 Å². The Morgan fingerprint density at radius 2 is 2.00 bits per heavy atom. The predicted octanol–water partition coefficient (Wildman–Crippen LogP) is 0.298. The topological polar surface area (TPSA) is 44.7 Å². The van der Waals surface area contributed by atoms with E-state index in [-0.39, 0.29) is 7.69 Å². The average molecular weight is 208 g/mol. The third kappa shape index (κ3) is 4.72. The van der Waals surface area contributed by atoms with Crippen LogP contribution in [-0.2, 0) is 0 Å². The Morgan fingerprint density at radius 3 is 2.53 bits per heavy atom. The second-order valence-electron chi connectivity index (χ2n) is 3.53. The molecule has 1 aromatic carbocycles. The molecule has 0 bridgehead atoms. The predicted molar refractivity (Wildman–Crippen MR) is 63.5 cm³/mol. The number of benzene rings is 1. The van der Waals surface area contributed by atoms with Gasteiger partial charge >= 0.3 is 7.69 Å². The van der Waals surface area contributed by atoms with Gasteiger partial charge < -0.3 is 19.9 Å². The van der Waals surface area contributed by atoms with Gasteiger partial charge in [0.15, 0.2) is 0 Å². The fraction of sp³-hybridized carbons (Fsp3) is 0.400. The summed E-state index contributed by atoms with van der Waals surface area (Å²) in [4.78, 5) is 2.12. The van der Waals surface area contributed by atoms with Crippen molar-refractivity contribution in [1.82, 2.24) is 4.90 Å². The fourth-order valence-electron chi connectivity index (χ4n) is 1.17. The summed E-state index contributed by atoms with van der Waals surface area (Å²) in [6, 6.07) is 7.52. The van der Waals surface area contributed by atoms with Crippen LogP contribution in [0.25, 0.3) is 0 Å². The van der Waals surface area contributed by atoms with Gasteiger partial charge in [-0.15, -0.1) is 0 Å². The lowest BCUT2D eigenvalue weighted by Gasteiger charge is -2.11. The van der Waals surface area contributed by atoms with E-state index in [4.69, 9.17) is 9.68 Å². The molecule has 0 aliphatic carbocycles. The normalized spacial score (nSPS) is 10.1. The molecule has 0 atom stereocenters. The Labute approximate surface area is 91.2 Å². The van der Waals surface area contributed by atoms with Crippen molar-refractivity contribution in [3.05, 3.63) is 24.3 Å². The average Bonchev–Trinajstić information content (AvgIpc) is 2.20. The number of nitrogens with one attached hydrogen (secondary N) is 1. The van der Waals surface area contributed by atoms with Crippen LogP contribution in [0.3, 0.4) is 0 Å². The molecular formula is C10H17BN2O2. The number of rotatable bonds is 6. The number of hydrogen-bond acceptors (Lipinski definition) is 4. The molecule has 0 aliphatic rings. The molecule has 4 nitrogen and oxygen atoms in total. The number of likely N-dealkylation sites (N-methyl/N-ethyl adjacent to an activating group) is 1. The van der Waals surface area contributed by atoms with Gasteiger partial charge in [0.25, 0.3) is 0 Å². The highest BCUT2D eigenvalue weighted by atomic mass is 16.5. The van der Waals surface area contributed by atoms with E-state index in [0.717, 1.165) is 18.8 Å². The third-order valence-electron chi connectivity index (χ3n) is 1.97. The van der Waals surface area contributed by atoms with Crippen LogP contribution in [0.15, 0.2) is 24.3 Å². The Morgan fingerprint density at radius 1 is 1.33 bits per heavy atom. The van der Waals surface area contributed by atoms with E-state index < -0.39 is 0 Å². The molecule has 0 saturated carbocycles. The standard InChI is InChI=1S/C10H17BN2O2/c1-13(2)8-7-12-9-3-5-10(6-4-9)15-11-14/h3-6,11-12,14H,7-8H2,1-2H3. The van der Waals surface area contributed by atoms with Gasteiger partial charge in [0.05, 0.1) is 0 Å². The van der Waals surface area contributed by atoms with E-state index in [0.29, 0.717) is 5.75 Å². The van der Waals surface area contributed by atoms with Crippen LogP contribution in [0.2, 0.25) is 0 Å². The van der Waals surface area contributed by atoms with Crippen molar-refractivity contribution in [2.75, 3.05) is 32.5 Å². The van der Waals surface area contributed by atoms with E-state index in [1.165, 1.54) is 0 Å². The Bertz CT molecular complexity index is 277. The zero-order valence-electron chi connectivity index (χ0n) is 9.23. The van der Waals surface area contributed by atoms with Crippen LogP contribution in [0.1, 0.15) is 0 Å². The van der Waals surface area contributed by atoms with Gasteiger partial charge in [0, 0.05) is 18.8 Å². The summed E-state index contributed by atoms with van der Waals surface area (Å²) in [5.74, 6) is 0.677. The molecule has 0 aromatic heterocycles. The van der Waals surface area contributed by atoms with Crippen LogP contribution in [0, 0.1) is 0 Å². The Hall–Kier alpha value is -1.20. The number of anilines is 1. The van der Waals surface area contributed by atoms with Crippen LogP contribution in [-0.4, -0.2) is 44.8 Å². The lowest BCUT2D eigenvalue weighted by Crippen LogP contribution is -2.20. The first-order valence-corrected chi connectivity index (χ1v) is 4.94. The molecular weight excluding hydrogens is 191 g/mol. The van der Waals surface area contributed by atoms with Gasteiger partial charge in [-0.1, -0.05) is 0 Å². The lowest BCUT2D eigenvalue weighted by molar-refractivity contribution is 0.425. The van der Waals surface area contributed by atoms with E-state index in [1.54, 1.807) is 0 Å². The smallest absolute Gasteiger partial charge is 0.504 e. The monoisotopic (exact) mass is 208 g/mol. The summed E-state index contributed by atoms with van der Waals surface area (Å²) in [5.41, 5.74) is 1.06. The van der Waals surface area contributed by atoms with Gasteiger partial charge in [-0.2, -0.15) is 0 Å². The van der Waals surface area contributed by atoms with Crippen molar-refractivity contribution in [3.8, 4) is 5.75 Å². The molecule has 82 valence electrons. The summed E-state index contributed by atoms with van der Waals surface area (Å²) in [7, 11) is 3.80. The molecule has 0 heterocycles. The molecule has 1 rings (SSSR count). The van der Waals surface area contributed by atoms with Crippen molar-refractivity contribution in [3.63, 3.8) is 0 Å². The Kier molecular flexibility index (Phi) is 5.00. The Balaban J connectivity index is 2.36. The molecule has 0 radical (unpaired) electrons. The molecule has 0 unspecified atom stereocenters. The van der Waals surface area contributed by atoms with Crippen molar-refractivity contribution in [1.29, 1.82) is 0 Å². The SMILES string of the molecule is CN(C)CCNc1ccc(OBO)cc1. The molecule has 1 aromatic rings. The highest BCUT2D eigenvalue weighted by Crippen LogP contribution is 2.14.